The lowest BCUT2D eigenvalue weighted by Gasteiger charge is -2.16. The highest BCUT2D eigenvalue weighted by molar-refractivity contribution is 6.52. The van der Waals surface area contributed by atoms with Crippen LogP contribution in [-0.2, 0) is 9.59 Å². The summed E-state index contributed by atoms with van der Waals surface area (Å²) in [5, 5.41) is 8.31. The van der Waals surface area contributed by atoms with Crippen LogP contribution in [0.25, 0.3) is 0 Å². The van der Waals surface area contributed by atoms with E-state index < -0.39 is 23.5 Å². The third-order valence-corrected chi connectivity index (χ3v) is 3.33. The maximum absolute atomic E-state index is 13.4. The molecule has 0 unspecified atom stereocenters. The fourth-order valence-corrected chi connectivity index (χ4v) is 2.22. The third kappa shape index (κ3) is 2.65. The maximum atomic E-state index is 13.4. The normalized spacial score (nSPS) is 13.8. The largest absolute Gasteiger partial charge is 0.481 e. The summed E-state index contributed by atoms with van der Waals surface area (Å²) < 4.78 is 13.4. The van der Waals surface area contributed by atoms with Crippen molar-refractivity contribution in [3.8, 4) is 0 Å². The van der Waals surface area contributed by atoms with Crippen molar-refractivity contribution in [2.24, 2.45) is 0 Å². The lowest BCUT2D eigenvalue weighted by molar-refractivity contribution is -0.137. The molecule has 0 saturated heterocycles. The minimum Gasteiger partial charge on any atom is -0.481 e. The van der Waals surface area contributed by atoms with Gasteiger partial charge in [0.1, 0.15) is 5.82 Å². The Labute approximate surface area is 118 Å². The third-order valence-electron chi connectivity index (χ3n) is 3.04. The Hall–Kier alpha value is -1.95. The molecular formula is C13H11ClFNO4. The molecule has 0 atom stereocenters. The highest BCUT2D eigenvalue weighted by atomic mass is 35.5. The van der Waals surface area contributed by atoms with Crippen LogP contribution in [0.2, 0.25) is 5.02 Å². The molecule has 106 valence electrons. The van der Waals surface area contributed by atoms with Crippen LogP contribution in [0.5, 0.6) is 0 Å². The van der Waals surface area contributed by atoms with Crippen molar-refractivity contribution in [2.75, 3.05) is 11.4 Å². The predicted octanol–water partition coefficient (Wildman–Crippen LogP) is 2.26. The van der Waals surface area contributed by atoms with Crippen molar-refractivity contribution >= 4 is 34.9 Å². The number of Topliss-reactive ketones (excluding diaryl/α,β-unsaturated/α-hetero) is 1. The number of carbonyl (C=O) groups excluding carboxylic acids is 2. The van der Waals surface area contributed by atoms with Gasteiger partial charge < -0.3 is 10.0 Å². The van der Waals surface area contributed by atoms with Gasteiger partial charge in [-0.3, -0.25) is 14.4 Å². The van der Waals surface area contributed by atoms with Crippen molar-refractivity contribution < 1.29 is 23.9 Å². The molecule has 20 heavy (non-hydrogen) atoms. The summed E-state index contributed by atoms with van der Waals surface area (Å²) in [6.07, 6.45) is 0.769. The maximum Gasteiger partial charge on any atom is 0.303 e. The Bertz CT molecular complexity index is 602. The predicted molar refractivity (Wildman–Crippen MR) is 69.6 cm³/mol. The van der Waals surface area contributed by atoms with Crippen molar-refractivity contribution in [1.82, 2.24) is 0 Å². The van der Waals surface area contributed by atoms with E-state index in [1.807, 2.05) is 0 Å². The highest BCUT2D eigenvalue weighted by Gasteiger charge is 2.36. The Morgan fingerprint density at radius 2 is 2.00 bits per heavy atom. The lowest BCUT2D eigenvalue weighted by atomic mass is 10.1. The number of unbranched alkanes of at least 4 members (excludes halogenated alkanes) is 1. The Morgan fingerprint density at radius 1 is 1.30 bits per heavy atom. The van der Waals surface area contributed by atoms with Gasteiger partial charge in [-0.05, 0) is 25.0 Å². The SMILES string of the molecule is O=C(O)CCCCN1C(=O)C(=O)c2cc(Cl)c(F)cc21. The molecule has 1 aromatic carbocycles. The van der Waals surface area contributed by atoms with Crippen LogP contribution in [0.4, 0.5) is 10.1 Å². The van der Waals surface area contributed by atoms with Gasteiger partial charge in [0.25, 0.3) is 11.7 Å². The molecule has 0 fully saturated rings. The molecule has 5 nitrogen and oxygen atoms in total. The topological polar surface area (TPSA) is 74.7 Å². The summed E-state index contributed by atoms with van der Waals surface area (Å²) in [5.41, 5.74) is 0.275. The second kappa shape index (κ2) is 5.58. The van der Waals surface area contributed by atoms with Crippen LogP contribution >= 0.6 is 11.6 Å². The zero-order valence-corrected chi connectivity index (χ0v) is 11.1. The molecule has 0 aromatic heterocycles. The van der Waals surface area contributed by atoms with Gasteiger partial charge in [0.2, 0.25) is 0 Å². The van der Waals surface area contributed by atoms with Crippen LogP contribution in [-0.4, -0.2) is 29.3 Å². The van der Waals surface area contributed by atoms with Crippen molar-refractivity contribution in [1.29, 1.82) is 0 Å². The van der Waals surface area contributed by atoms with Crippen LogP contribution in [0, 0.1) is 5.82 Å². The fourth-order valence-electron chi connectivity index (χ4n) is 2.06. The average Bonchev–Trinajstić information content (AvgIpc) is 2.60. The van der Waals surface area contributed by atoms with Crippen molar-refractivity contribution in [3.63, 3.8) is 0 Å². The fraction of sp³-hybridized carbons (Fsp3) is 0.308. The number of nitrogens with zero attached hydrogens (tertiary/aromatic N) is 1. The van der Waals surface area contributed by atoms with Crippen LogP contribution in [0.1, 0.15) is 29.6 Å². The number of halogens is 2. The number of carboxylic acid groups (broad SMARTS) is 1. The molecule has 1 aliphatic heterocycles. The van der Waals surface area contributed by atoms with E-state index in [0.29, 0.717) is 12.8 Å². The van der Waals surface area contributed by atoms with Gasteiger partial charge in [-0.15, -0.1) is 0 Å². The molecule has 0 radical (unpaired) electrons. The molecule has 7 heteroatoms. The lowest BCUT2D eigenvalue weighted by Crippen LogP contribution is -2.30. The summed E-state index contributed by atoms with van der Waals surface area (Å²) >= 11 is 5.59. The second-order valence-electron chi connectivity index (χ2n) is 4.42. The number of hydrogen-bond donors (Lipinski definition) is 1. The van der Waals surface area contributed by atoms with E-state index in [1.165, 1.54) is 4.90 Å². The molecule has 0 spiro atoms. The molecular weight excluding hydrogens is 289 g/mol. The summed E-state index contributed by atoms with van der Waals surface area (Å²) in [6.45, 7) is 0.173. The number of anilines is 1. The minimum absolute atomic E-state index is 0.0161. The monoisotopic (exact) mass is 299 g/mol. The average molecular weight is 300 g/mol. The second-order valence-corrected chi connectivity index (χ2v) is 4.83. The summed E-state index contributed by atoms with van der Waals surface area (Å²) in [7, 11) is 0. The number of fused-ring (bicyclic) bond motifs is 1. The number of hydrogen-bond acceptors (Lipinski definition) is 3. The smallest absolute Gasteiger partial charge is 0.303 e. The Kier molecular flexibility index (Phi) is 4.04. The van der Waals surface area contributed by atoms with Gasteiger partial charge in [-0.2, -0.15) is 0 Å². The summed E-state index contributed by atoms with van der Waals surface area (Å²) in [6, 6.07) is 2.20. The molecule has 2 rings (SSSR count). The summed E-state index contributed by atoms with van der Waals surface area (Å²) in [4.78, 5) is 35.1. The molecule has 0 aliphatic carbocycles. The van der Waals surface area contributed by atoms with Gasteiger partial charge >= 0.3 is 5.97 Å². The molecule has 0 saturated carbocycles. The quantitative estimate of drug-likeness (QED) is 0.668. The molecule has 1 aromatic rings. The Morgan fingerprint density at radius 3 is 2.65 bits per heavy atom. The number of carbonyl (C=O) groups is 3. The first-order valence-corrected chi connectivity index (χ1v) is 6.36. The first-order valence-electron chi connectivity index (χ1n) is 5.99. The van der Waals surface area contributed by atoms with Crippen LogP contribution < -0.4 is 4.90 Å². The van der Waals surface area contributed by atoms with Gasteiger partial charge in [0, 0.05) is 13.0 Å². The summed E-state index contributed by atoms with van der Waals surface area (Å²) in [5.74, 6) is -3.09. The molecule has 1 N–H and O–H groups in total. The number of benzene rings is 1. The first-order chi connectivity index (χ1) is 9.41. The number of carboxylic acids is 1. The molecule has 1 aliphatic rings. The number of aliphatic carboxylic acids is 1. The van der Waals surface area contributed by atoms with E-state index in [-0.39, 0.29) is 29.2 Å². The van der Waals surface area contributed by atoms with Gasteiger partial charge in [-0.25, -0.2) is 4.39 Å². The van der Waals surface area contributed by atoms with Gasteiger partial charge in [0.05, 0.1) is 16.3 Å². The highest BCUT2D eigenvalue weighted by Crippen LogP contribution is 2.33. The van der Waals surface area contributed by atoms with E-state index in [9.17, 15) is 18.8 Å². The van der Waals surface area contributed by atoms with E-state index in [2.05, 4.69) is 0 Å². The van der Waals surface area contributed by atoms with Gasteiger partial charge in [-0.1, -0.05) is 11.6 Å². The number of amides is 1. The molecule has 1 amide bonds. The van der Waals surface area contributed by atoms with Crippen molar-refractivity contribution in [2.45, 2.75) is 19.3 Å². The van der Waals surface area contributed by atoms with Crippen LogP contribution in [0.15, 0.2) is 12.1 Å². The minimum atomic E-state index is -0.924. The zero-order chi connectivity index (χ0) is 14.9. The van der Waals surface area contributed by atoms with E-state index >= 15 is 0 Å². The number of rotatable bonds is 5. The Balaban J connectivity index is 2.16. The van der Waals surface area contributed by atoms with E-state index in [1.54, 1.807) is 0 Å². The zero-order valence-electron chi connectivity index (χ0n) is 10.4. The molecule has 1 heterocycles. The van der Waals surface area contributed by atoms with E-state index in [4.69, 9.17) is 16.7 Å². The van der Waals surface area contributed by atoms with Crippen molar-refractivity contribution in [3.05, 3.63) is 28.5 Å². The van der Waals surface area contributed by atoms with E-state index in [0.717, 1.165) is 12.1 Å². The molecule has 0 bridgehead atoms. The van der Waals surface area contributed by atoms with Crippen LogP contribution in [0.3, 0.4) is 0 Å². The van der Waals surface area contributed by atoms with Gasteiger partial charge in [0.15, 0.2) is 0 Å². The number of ketones is 1. The standard InChI is InChI=1S/C13H11ClFNO4/c14-8-5-7-10(6-9(8)15)16(13(20)12(7)19)4-2-1-3-11(17)18/h5-6H,1-4H2,(H,17,18). The first kappa shape index (κ1) is 14.5.